The molecule has 0 aliphatic carbocycles. The number of nitrogens with zero attached hydrogens (tertiary/aromatic N) is 2. The Morgan fingerprint density at radius 1 is 0.946 bits per heavy atom. The third-order valence-electron chi connectivity index (χ3n) is 5.60. The SMILES string of the molecule is Cc1ccc(OC(=O)N(CC(=O)O)Cc2cccc(OCCc3nc(-c4ccccc4)oc3C)c2)cc1. The van der Waals surface area contributed by atoms with E-state index >= 15 is 0 Å². The molecular weight excluding hydrogens is 472 g/mol. The summed E-state index contributed by atoms with van der Waals surface area (Å²) >= 11 is 0. The lowest BCUT2D eigenvalue weighted by Crippen LogP contribution is -2.37. The van der Waals surface area contributed by atoms with Crippen LogP contribution < -0.4 is 9.47 Å². The van der Waals surface area contributed by atoms with Crippen molar-refractivity contribution in [3.63, 3.8) is 0 Å². The van der Waals surface area contributed by atoms with E-state index in [0.29, 0.717) is 36.0 Å². The molecule has 4 rings (SSSR count). The van der Waals surface area contributed by atoms with Crippen molar-refractivity contribution >= 4 is 12.1 Å². The van der Waals surface area contributed by atoms with E-state index in [1.165, 1.54) is 0 Å². The van der Waals surface area contributed by atoms with Crippen molar-refractivity contribution in [1.82, 2.24) is 9.88 Å². The Hall–Kier alpha value is -4.59. The van der Waals surface area contributed by atoms with Crippen LogP contribution in [0.3, 0.4) is 0 Å². The highest BCUT2D eigenvalue weighted by molar-refractivity contribution is 5.78. The van der Waals surface area contributed by atoms with Crippen LogP contribution >= 0.6 is 0 Å². The summed E-state index contributed by atoms with van der Waals surface area (Å²) in [4.78, 5) is 29.8. The van der Waals surface area contributed by atoms with Gasteiger partial charge in [0.2, 0.25) is 5.89 Å². The Labute approximate surface area is 215 Å². The highest BCUT2D eigenvalue weighted by Crippen LogP contribution is 2.22. The van der Waals surface area contributed by atoms with Gasteiger partial charge in [0.15, 0.2) is 0 Å². The molecule has 0 aliphatic heterocycles. The zero-order valence-electron chi connectivity index (χ0n) is 20.7. The molecule has 0 aliphatic rings. The fourth-order valence-electron chi connectivity index (χ4n) is 3.70. The molecule has 1 aromatic heterocycles. The molecule has 0 spiro atoms. The van der Waals surface area contributed by atoms with Crippen molar-refractivity contribution < 1.29 is 28.6 Å². The molecule has 0 fully saturated rings. The number of aryl methyl sites for hydroxylation is 2. The monoisotopic (exact) mass is 500 g/mol. The molecule has 8 nitrogen and oxygen atoms in total. The van der Waals surface area contributed by atoms with Crippen LogP contribution in [0.1, 0.15) is 22.6 Å². The number of carboxylic acid groups (broad SMARTS) is 1. The van der Waals surface area contributed by atoms with Crippen LogP contribution in [0.2, 0.25) is 0 Å². The summed E-state index contributed by atoms with van der Waals surface area (Å²) in [6.45, 7) is 3.73. The summed E-state index contributed by atoms with van der Waals surface area (Å²) in [6, 6.07) is 23.8. The van der Waals surface area contributed by atoms with Crippen LogP contribution in [0.4, 0.5) is 4.79 Å². The quantitative estimate of drug-likeness (QED) is 0.299. The van der Waals surface area contributed by atoms with Crippen LogP contribution in [0, 0.1) is 13.8 Å². The van der Waals surface area contributed by atoms with E-state index in [9.17, 15) is 14.7 Å². The third-order valence-corrected chi connectivity index (χ3v) is 5.60. The first kappa shape index (κ1) is 25.5. The normalized spacial score (nSPS) is 10.6. The number of hydrogen-bond acceptors (Lipinski definition) is 6. The van der Waals surface area contributed by atoms with E-state index in [1.807, 2.05) is 56.3 Å². The predicted molar refractivity (Wildman–Crippen MR) is 138 cm³/mol. The number of rotatable bonds is 10. The van der Waals surface area contributed by atoms with Crippen LogP contribution in [-0.4, -0.2) is 40.2 Å². The van der Waals surface area contributed by atoms with Crippen molar-refractivity contribution in [2.24, 2.45) is 0 Å². The van der Waals surface area contributed by atoms with Gasteiger partial charge in [0.1, 0.15) is 23.8 Å². The van der Waals surface area contributed by atoms with Crippen LogP contribution in [-0.2, 0) is 17.8 Å². The van der Waals surface area contributed by atoms with E-state index < -0.39 is 18.6 Å². The molecule has 3 aromatic carbocycles. The number of aliphatic carboxylic acids is 1. The number of carbonyl (C=O) groups excluding carboxylic acids is 1. The van der Waals surface area contributed by atoms with Gasteiger partial charge in [0.05, 0.1) is 12.3 Å². The summed E-state index contributed by atoms with van der Waals surface area (Å²) in [5.41, 5.74) is 3.47. The lowest BCUT2D eigenvalue weighted by atomic mass is 10.2. The number of amides is 1. The van der Waals surface area contributed by atoms with E-state index in [0.717, 1.165) is 27.5 Å². The molecule has 1 amide bonds. The summed E-state index contributed by atoms with van der Waals surface area (Å²) in [5, 5.41) is 9.30. The summed E-state index contributed by atoms with van der Waals surface area (Å²) in [7, 11) is 0. The Kier molecular flexibility index (Phi) is 8.20. The number of aromatic nitrogens is 1. The van der Waals surface area contributed by atoms with Crippen molar-refractivity contribution in [1.29, 1.82) is 0 Å². The topological polar surface area (TPSA) is 102 Å². The second kappa shape index (κ2) is 11.9. The van der Waals surface area contributed by atoms with Crippen LogP contribution in [0.5, 0.6) is 11.5 Å². The first-order valence-corrected chi connectivity index (χ1v) is 11.9. The third kappa shape index (κ3) is 7.20. The average Bonchev–Trinajstić information content (AvgIpc) is 3.26. The molecule has 0 radical (unpaired) electrons. The van der Waals surface area contributed by atoms with Crippen LogP contribution in [0.25, 0.3) is 11.5 Å². The second-order valence-electron chi connectivity index (χ2n) is 8.56. The van der Waals surface area contributed by atoms with E-state index in [-0.39, 0.29) is 6.54 Å². The highest BCUT2D eigenvalue weighted by atomic mass is 16.6. The molecule has 0 unspecified atom stereocenters. The van der Waals surface area contributed by atoms with Gasteiger partial charge < -0.3 is 19.0 Å². The highest BCUT2D eigenvalue weighted by Gasteiger charge is 2.20. The fraction of sp³-hybridized carbons (Fsp3) is 0.207. The molecule has 0 atom stereocenters. The minimum absolute atomic E-state index is 0.0526. The van der Waals surface area contributed by atoms with Crippen molar-refractivity contribution in [2.75, 3.05) is 13.2 Å². The van der Waals surface area contributed by atoms with Gasteiger partial charge in [0, 0.05) is 18.5 Å². The standard InChI is InChI=1S/C29H28N2O6/c1-20-11-13-24(14-12-20)37-29(34)31(19-27(32)33)18-22-7-6-10-25(17-22)35-16-15-26-21(2)36-28(30-26)23-8-4-3-5-9-23/h3-14,17H,15-16,18-19H2,1-2H3,(H,32,33). The largest absolute Gasteiger partial charge is 0.493 e. The first-order chi connectivity index (χ1) is 17.9. The van der Waals surface area contributed by atoms with Crippen molar-refractivity contribution in [3.05, 3.63) is 101 Å². The molecule has 4 aromatic rings. The second-order valence-corrected chi connectivity index (χ2v) is 8.56. The number of oxazole rings is 1. The van der Waals surface area contributed by atoms with Gasteiger partial charge >= 0.3 is 12.1 Å². The van der Waals surface area contributed by atoms with E-state index in [2.05, 4.69) is 4.98 Å². The van der Waals surface area contributed by atoms with E-state index in [1.54, 1.807) is 36.4 Å². The minimum atomic E-state index is -1.13. The molecule has 37 heavy (non-hydrogen) atoms. The van der Waals surface area contributed by atoms with Gasteiger partial charge in [-0.25, -0.2) is 9.78 Å². The first-order valence-electron chi connectivity index (χ1n) is 11.9. The number of ether oxygens (including phenoxy) is 2. The van der Waals surface area contributed by atoms with Gasteiger partial charge in [-0.1, -0.05) is 48.0 Å². The van der Waals surface area contributed by atoms with Crippen molar-refractivity contribution in [2.45, 2.75) is 26.8 Å². The van der Waals surface area contributed by atoms with Crippen molar-refractivity contribution in [3.8, 4) is 23.0 Å². The van der Waals surface area contributed by atoms with Gasteiger partial charge in [-0.2, -0.15) is 0 Å². The number of carboxylic acids is 1. The maximum absolute atomic E-state index is 12.7. The smallest absolute Gasteiger partial charge is 0.416 e. The zero-order chi connectivity index (χ0) is 26.2. The Morgan fingerprint density at radius 2 is 1.70 bits per heavy atom. The Balaban J connectivity index is 1.37. The van der Waals surface area contributed by atoms with E-state index in [4.69, 9.17) is 13.9 Å². The Morgan fingerprint density at radius 3 is 2.43 bits per heavy atom. The minimum Gasteiger partial charge on any atom is -0.493 e. The van der Waals surface area contributed by atoms with Gasteiger partial charge in [0.25, 0.3) is 0 Å². The lowest BCUT2D eigenvalue weighted by Gasteiger charge is -2.20. The molecule has 0 saturated carbocycles. The van der Waals surface area contributed by atoms with Crippen LogP contribution in [0.15, 0.2) is 83.3 Å². The molecule has 1 N–H and O–H groups in total. The predicted octanol–water partition coefficient (Wildman–Crippen LogP) is 5.67. The molecule has 190 valence electrons. The van der Waals surface area contributed by atoms with Gasteiger partial charge in [-0.15, -0.1) is 0 Å². The maximum atomic E-state index is 12.7. The summed E-state index contributed by atoms with van der Waals surface area (Å²) in [5.74, 6) is 1.13. The van der Waals surface area contributed by atoms with Gasteiger partial charge in [-0.05, 0) is 55.8 Å². The zero-order valence-corrected chi connectivity index (χ0v) is 20.7. The average molecular weight is 501 g/mol. The molecular formula is C29H28N2O6. The van der Waals surface area contributed by atoms with Gasteiger partial charge in [-0.3, -0.25) is 9.69 Å². The molecule has 1 heterocycles. The maximum Gasteiger partial charge on any atom is 0.416 e. The Bertz CT molecular complexity index is 1350. The molecule has 8 heteroatoms. The number of benzene rings is 3. The molecule has 0 bridgehead atoms. The summed E-state index contributed by atoms with van der Waals surface area (Å²) < 4.78 is 17.1. The summed E-state index contributed by atoms with van der Waals surface area (Å²) in [6.07, 6.45) is -0.186. The fourth-order valence-corrected chi connectivity index (χ4v) is 3.70. The lowest BCUT2D eigenvalue weighted by molar-refractivity contribution is -0.138. The molecule has 0 saturated heterocycles. The number of hydrogen-bond donors (Lipinski definition) is 1. The number of carbonyl (C=O) groups is 2.